The van der Waals surface area contributed by atoms with E-state index in [4.69, 9.17) is 11.6 Å². The maximum Gasteiger partial charge on any atom is 0.257 e. The lowest BCUT2D eigenvalue weighted by Crippen LogP contribution is -2.33. The number of nitrogens with zero attached hydrogens (tertiary/aromatic N) is 2. The number of carbonyl (C=O) groups is 2. The number of nitrogens with one attached hydrogen (secondary N) is 1. The molecule has 1 aliphatic heterocycles. The highest BCUT2D eigenvalue weighted by atomic mass is 35.5. The Labute approximate surface area is 172 Å². The van der Waals surface area contributed by atoms with Gasteiger partial charge in [0.2, 0.25) is 5.91 Å². The number of carbonyl (C=O) groups excluding carboxylic acids is 2. The molecule has 0 aliphatic carbocycles. The maximum atomic E-state index is 12.5. The van der Waals surface area contributed by atoms with Crippen LogP contribution in [-0.4, -0.2) is 23.8 Å². The molecule has 4 rings (SSSR count). The lowest BCUT2D eigenvalue weighted by atomic mass is 9.85. The Morgan fingerprint density at radius 2 is 1.89 bits per heavy atom. The molecule has 142 valence electrons. The molecule has 3 aromatic rings. The molecule has 2 heterocycles. The summed E-state index contributed by atoms with van der Waals surface area (Å²) in [4.78, 5) is 31.0. The van der Waals surface area contributed by atoms with Crippen LogP contribution < -0.4 is 10.2 Å². The summed E-state index contributed by atoms with van der Waals surface area (Å²) in [6, 6.07) is 12.6. The van der Waals surface area contributed by atoms with Gasteiger partial charge in [0, 0.05) is 34.3 Å². The lowest BCUT2D eigenvalue weighted by Gasteiger charge is -2.16. The lowest BCUT2D eigenvalue weighted by molar-refractivity contribution is -0.121. The highest BCUT2D eigenvalue weighted by molar-refractivity contribution is 7.14. The van der Waals surface area contributed by atoms with E-state index in [0.29, 0.717) is 15.7 Å². The molecule has 2 amide bonds. The molecule has 0 saturated carbocycles. The van der Waals surface area contributed by atoms with E-state index in [-0.39, 0.29) is 11.8 Å². The Kier molecular flexibility index (Phi) is 4.48. The van der Waals surface area contributed by atoms with E-state index >= 15 is 0 Å². The molecule has 2 aromatic carbocycles. The topological polar surface area (TPSA) is 62.3 Å². The molecule has 0 saturated heterocycles. The van der Waals surface area contributed by atoms with Crippen molar-refractivity contribution in [3.63, 3.8) is 0 Å². The smallest absolute Gasteiger partial charge is 0.257 e. The standard InChI is InChI=1S/C21H18ClN3O2S/c1-21(2)15-10-13(6-9-17(15)25(3)19(21)27)16-11-28-20(23-16)24-18(26)12-4-7-14(22)8-5-12/h4-11H,1-3H3,(H,23,24,26). The molecule has 1 N–H and O–H groups in total. The van der Waals surface area contributed by atoms with Gasteiger partial charge in [-0.1, -0.05) is 17.7 Å². The third-order valence-electron chi connectivity index (χ3n) is 5.00. The number of aromatic nitrogens is 1. The second kappa shape index (κ2) is 6.72. The summed E-state index contributed by atoms with van der Waals surface area (Å²) in [7, 11) is 1.79. The summed E-state index contributed by atoms with van der Waals surface area (Å²) >= 11 is 7.22. The molecular formula is C21H18ClN3O2S. The van der Waals surface area contributed by atoms with E-state index in [2.05, 4.69) is 10.3 Å². The Bertz CT molecular complexity index is 1090. The summed E-state index contributed by atoms with van der Waals surface area (Å²) in [6.45, 7) is 3.86. The maximum absolute atomic E-state index is 12.5. The molecule has 1 aliphatic rings. The van der Waals surface area contributed by atoms with E-state index in [9.17, 15) is 9.59 Å². The number of hydrogen-bond acceptors (Lipinski definition) is 4. The molecule has 0 spiro atoms. The van der Waals surface area contributed by atoms with E-state index in [1.165, 1.54) is 11.3 Å². The summed E-state index contributed by atoms with van der Waals surface area (Å²) in [5.74, 6) is -0.159. The molecule has 0 fully saturated rings. The second-order valence-electron chi connectivity index (χ2n) is 7.22. The fourth-order valence-electron chi connectivity index (χ4n) is 3.37. The van der Waals surface area contributed by atoms with Gasteiger partial charge in [-0.2, -0.15) is 0 Å². The fourth-order valence-corrected chi connectivity index (χ4v) is 4.21. The van der Waals surface area contributed by atoms with Crippen molar-refractivity contribution in [2.24, 2.45) is 0 Å². The Hall–Kier alpha value is -2.70. The number of likely N-dealkylation sites (N-methyl/N-ethyl adjacent to an activating group) is 1. The Morgan fingerprint density at radius 1 is 1.18 bits per heavy atom. The number of anilines is 2. The SMILES string of the molecule is CN1C(=O)C(C)(C)c2cc(-c3csc(NC(=O)c4ccc(Cl)cc4)n3)ccc21. The van der Waals surface area contributed by atoms with Crippen molar-refractivity contribution in [2.75, 3.05) is 17.3 Å². The van der Waals surface area contributed by atoms with Crippen LogP contribution in [0.15, 0.2) is 47.8 Å². The summed E-state index contributed by atoms with van der Waals surface area (Å²) in [6.07, 6.45) is 0. The van der Waals surface area contributed by atoms with E-state index in [1.807, 2.05) is 37.4 Å². The van der Waals surface area contributed by atoms with Crippen molar-refractivity contribution in [3.8, 4) is 11.3 Å². The first-order chi connectivity index (χ1) is 13.3. The highest BCUT2D eigenvalue weighted by Gasteiger charge is 2.42. The van der Waals surface area contributed by atoms with E-state index in [0.717, 1.165) is 22.5 Å². The van der Waals surface area contributed by atoms with Crippen LogP contribution in [0.5, 0.6) is 0 Å². The van der Waals surface area contributed by atoms with Crippen LogP contribution in [0, 0.1) is 0 Å². The number of hydrogen-bond donors (Lipinski definition) is 1. The predicted octanol–water partition coefficient (Wildman–Crippen LogP) is 4.97. The highest BCUT2D eigenvalue weighted by Crippen LogP contribution is 2.42. The third-order valence-corrected chi connectivity index (χ3v) is 6.01. The minimum atomic E-state index is -0.568. The fraction of sp³-hybridized carbons (Fsp3) is 0.190. The molecular weight excluding hydrogens is 394 g/mol. The van der Waals surface area contributed by atoms with Crippen molar-refractivity contribution in [1.82, 2.24) is 4.98 Å². The van der Waals surface area contributed by atoms with Crippen molar-refractivity contribution in [3.05, 3.63) is 64.0 Å². The zero-order valence-corrected chi connectivity index (χ0v) is 17.2. The van der Waals surface area contributed by atoms with Crippen LogP contribution in [0.25, 0.3) is 11.3 Å². The van der Waals surface area contributed by atoms with Gasteiger partial charge in [-0.3, -0.25) is 14.9 Å². The molecule has 0 radical (unpaired) electrons. The zero-order chi connectivity index (χ0) is 20.1. The van der Waals surface area contributed by atoms with Crippen LogP contribution in [0.1, 0.15) is 29.8 Å². The molecule has 7 heteroatoms. The molecule has 1 aromatic heterocycles. The number of rotatable bonds is 3. The number of amides is 2. The van der Waals surface area contributed by atoms with Gasteiger partial charge in [-0.25, -0.2) is 4.98 Å². The average Bonchev–Trinajstić information content (AvgIpc) is 3.20. The molecule has 5 nitrogen and oxygen atoms in total. The quantitative estimate of drug-likeness (QED) is 0.661. The number of halogens is 1. The van der Waals surface area contributed by atoms with Gasteiger partial charge in [0.05, 0.1) is 11.1 Å². The predicted molar refractivity (Wildman–Crippen MR) is 113 cm³/mol. The van der Waals surface area contributed by atoms with Gasteiger partial charge < -0.3 is 4.90 Å². The summed E-state index contributed by atoms with van der Waals surface area (Å²) in [5.41, 5.74) is 3.53. The minimum Gasteiger partial charge on any atom is -0.314 e. The Balaban J connectivity index is 1.59. The third kappa shape index (κ3) is 3.08. The molecule has 0 bridgehead atoms. The van der Waals surface area contributed by atoms with Crippen LogP contribution >= 0.6 is 22.9 Å². The summed E-state index contributed by atoms with van der Waals surface area (Å²) in [5, 5.41) is 5.81. The van der Waals surface area contributed by atoms with Gasteiger partial charge in [0.15, 0.2) is 5.13 Å². The molecule has 28 heavy (non-hydrogen) atoms. The van der Waals surface area contributed by atoms with Crippen LogP contribution in [0.3, 0.4) is 0 Å². The van der Waals surface area contributed by atoms with Crippen molar-refractivity contribution in [1.29, 1.82) is 0 Å². The zero-order valence-electron chi connectivity index (χ0n) is 15.6. The number of thiazole rings is 1. The van der Waals surface area contributed by atoms with E-state index in [1.54, 1.807) is 36.2 Å². The number of benzene rings is 2. The summed E-state index contributed by atoms with van der Waals surface area (Å²) < 4.78 is 0. The van der Waals surface area contributed by atoms with Crippen molar-refractivity contribution >= 4 is 45.6 Å². The van der Waals surface area contributed by atoms with Gasteiger partial charge >= 0.3 is 0 Å². The molecule has 0 atom stereocenters. The van der Waals surface area contributed by atoms with Crippen LogP contribution in [0.2, 0.25) is 5.02 Å². The van der Waals surface area contributed by atoms with Gasteiger partial charge in [-0.15, -0.1) is 11.3 Å². The van der Waals surface area contributed by atoms with Crippen molar-refractivity contribution in [2.45, 2.75) is 19.3 Å². The minimum absolute atomic E-state index is 0.0776. The first-order valence-corrected chi connectivity index (χ1v) is 9.98. The largest absolute Gasteiger partial charge is 0.314 e. The first-order valence-electron chi connectivity index (χ1n) is 8.73. The normalized spacial score (nSPS) is 14.9. The first kappa shape index (κ1) is 18.7. The average molecular weight is 412 g/mol. The van der Waals surface area contributed by atoms with Crippen LogP contribution in [0.4, 0.5) is 10.8 Å². The van der Waals surface area contributed by atoms with Crippen LogP contribution in [-0.2, 0) is 10.2 Å². The number of fused-ring (bicyclic) bond motifs is 1. The molecule has 0 unspecified atom stereocenters. The monoisotopic (exact) mass is 411 g/mol. The second-order valence-corrected chi connectivity index (χ2v) is 8.51. The van der Waals surface area contributed by atoms with Gasteiger partial charge in [-0.05, 0) is 55.8 Å². The Morgan fingerprint density at radius 3 is 2.61 bits per heavy atom. The van der Waals surface area contributed by atoms with Gasteiger partial charge in [0.25, 0.3) is 5.91 Å². The van der Waals surface area contributed by atoms with E-state index < -0.39 is 5.41 Å². The van der Waals surface area contributed by atoms with Gasteiger partial charge in [0.1, 0.15) is 0 Å². The van der Waals surface area contributed by atoms with Crippen molar-refractivity contribution < 1.29 is 9.59 Å².